The predicted molar refractivity (Wildman–Crippen MR) is 145 cm³/mol. The van der Waals surface area contributed by atoms with Crippen molar-refractivity contribution >= 4 is 50.9 Å². The number of aliphatic imine (C=N–C) groups is 1. The number of hydrogen-bond donors (Lipinski definition) is 2. The van der Waals surface area contributed by atoms with Gasteiger partial charge in [0.05, 0.1) is 40.8 Å². The molecule has 1 aliphatic carbocycles. The number of rotatable bonds is 4. The Morgan fingerprint density at radius 3 is 2.69 bits per heavy atom. The van der Waals surface area contributed by atoms with E-state index in [-0.39, 0.29) is 5.84 Å². The highest BCUT2D eigenvalue weighted by Crippen LogP contribution is 2.41. The van der Waals surface area contributed by atoms with Crippen LogP contribution < -0.4 is 10.6 Å². The minimum atomic E-state index is 0.113. The summed E-state index contributed by atoms with van der Waals surface area (Å²) < 4.78 is 7.84. The molecule has 2 fully saturated rings. The maximum Gasteiger partial charge on any atom is 0.156 e. The van der Waals surface area contributed by atoms with Gasteiger partial charge in [0.1, 0.15) is 11.3 Å². The standard InChI is InChI=1S/C27H28ClN7O/c1-16(29)32-26(30)20-14-18(34-10-12-36-13-11-34)15-23-25(20)33-27(17-4-2-5-17)35(23)22-8-9-31-24-19(22)6-3-7-21(24)28/h3,6-9,14-15,17H,2,4-5,10-13H2,1H3,(H3,29,30,32). The maximum atomic E-state index is 8.78. The van der Waals surface area contributed by atoms with Crippen LogP contribution in [-0.2, 0) is 4.74 Å². The molecule has 36 heavy (non-hydrogen) atoms. The van der Waals surface area contributed by atoms with Crippen LogP contribution in [0.5, 0.6) is 0 Å². The lowest BCUT2D eigenvalue weighted by molar-refractivity contribution is 0.122. The molecule has 2 aliphatic rings. The number of imidazole rings is 1. The molecular formula is C27H28ClN7O. The van der Waals surface area contributed by atoms with Crippen molar-refractivity contribution in [2.75, 3.05) is 31.2 Å². The van der Waals surface area contributed by atoms with Gasteiger partial charge in [0.15, 0.2) is 5.84 Å². The van der Waals surface area contributed by atoms with E-state index in [4.69, 9.17) is 32.5 Å². The smallest absolute Gasteiger partial charge is 0.156 e. The summed E-state index contributed by atoms with van der Waals surface area (Å²) in [5, 5.41) is 10.4. The first-order valence-electron chi connectivity index (χ1n) is 12.3. The quantitative estimate of drug-likeness (QED) is 0.301. The van der Waals surface area contributed by atoms with Gasteiger partial charge in [-0.05, 0) is 44.0 Å². The van der Waals surface area contributed by atoms with Gasteiger partial charge in [-0.3, -0.25) is 15.0 Å². The molecule has 3 heterocycles. The maximum absolute atomic E-state index is 8.78. The minimum Gasteiger partial charge on any atom is -0.387 e. The molecule has 184 valence electrons. The van der Waals surface area contributed by atoms with Crippen LogP contribution >= 0.6 is 11.6 Å². The molecular weight excluding hydrogens is 474 g/mol. The first-order chi connectivity index (χ1) is 17.5. The molecule has 3 N–H and O–H groups in total. The van der Waals surface area contributed by atoms with Gasteiger partial charge in [0.2, 0.25) is 0 Å². The van der Waals surface area contributed by atoms with Crippen molar-refractivity contribution in [1.82, 2.24) is 14.5 Å². The number of halogens is 1. The van der Waals surface area contributed by atoms with Gasteiger partial charge in [-0.1, -0.05) is 30.2 Å². The molecule has 1 saturated carbocycles. The summed E-state index contributed by atoms with van der Waals surface area (Å²) in [6, 6.07) is 12.1. The van der Waals surface area contributed by atoms with Gasteiger partial charge in [-0.2, -0.15) is 0 Å². The monoisotopic (exact) mass is 501 g/mol. The Bertz CT molecular complexity index is 1510. The molecule has 4 aromatic rings. The fourth-order valence-corrected chi connectivity index (χ4v) is 5.34. The SMILES string of the molecule is CC(N)=NC(=N)c1cc(N2CCOCC2)cc2c1nc(C1CCC1)n2-c1ccnc2c(Cl)cccc12. The van der Waals surface area contributed by atoms with E-state index in [0.29, 0.717) is 35.6 Å². The molecule has 0 radical (unpaired) electrons. The van der Waals surface area contributed by atoms with E-state index in [2.05, 4.69) is 31.6 Å². The third kappa shape index (κ3) is 3.90. The van der Waals surface area contributed by atoms with Gasteiger partial charge in [-0.15, -0.1) is 0 Å². The summed E-state index contributed by atoms with van der Waals surface area (Å²) in [6.45, 7) is 4.61. The Balaban J connectivity index is 1.67. The number of hydrogen-bond acceptors (Lipinski definition) is 5. The van der Waals surface area contributed by atoms with Crippen LogP contribution in [0.15, 0.2) is 47.6 Å². The van der Waals surface area contributed by atoms with Crippen LogP contribution in [0.1, 0.15) is 43.5 Å². The summed E-state index contributed by atoms with van der Waals surface area (Å²) in [4.78, 5) is 16.3. The van der Waals surface area contributed by atoms with Crippen LogP contribution in [0.4, 0.5) is 5.69 Å². The van der Waals surface area contributed by atoms with Crippen LogP contribution in [0.2, 0.25) is 5.02 Å². The van der Waals surface area contributed by atoms with Crippen molar-refractivity contribution in [2.45, 2.75) is 32.1 Å². The normalized spacial score (nSPS) is 17.1. The van der Waals surface area contributed by atoms with Gasteiger partial charge < -0.3 is 15.4 Å². The first kappa shape index (κ1) is 22.9. The molecule has 9 heteroatoms. The Labute approximate surface area is 214 Å². The summed E-state index contributed by atoms with van der Waals surface area (Å²) in [7, 11) is 0. The fourth-order valence-electron chi connectivity index (χ4n) is 5.12. The van der Waals surface area contributed by atoms with E-state index in [1.165, 1.54) is 6.42 Å². The van der Waals surface area contributed by atoms with Crippen molar-refractivity contribution in [2.24, 2.45) is 10.7 Å². The third-order valence-electron chi connectivity index (χ3n) is 7.10. The molecule has 2 aromatic heterocycles. The number of amidine groups is 2. The molecule has 0 unspecified atom stereocenters. The Kier molecular flexibility index (Phi) is 5.85. The average molecular weight is 502 g/mol. The summed E-state index contributed by atoms with van der Waals surface area (Å²) in [5.41, 5.74) is 11.0. The molecule has 0 bridgehead atoms. The van der Waals surface area contributed by atoms with E-state index < -0.39 is 0 Å². The van der Waals surface area contributed by atoms with E-state index >= 15 is 0 Å². The first-order valence-corrected chi connectivity index (χ1v) is 12.7. The summed E-state index contributed by atoms with van der Waals surface area (Å²) in [6.07, 6.45) is 5.18. The number of para-hydroxylation sites is 1. The van der Waals surface area contributed by atoms with Gasteiger partial charge in [-0.25, -0.2) is 9.98 Å². The van der Waals surface area contributed by atoms with E-state index in [0.717, 1.165) is 65.1 Å². The average Bonchev–Trinajstić information content (AvgIpc) is 3.20. The zero-order chi connectivity index (χ0) is 24.8. The minimum absolute atomic E-state index is 0.113. The zero-order valence-corrected chi connectivity index (χ0v) is 20.9. The number of nitrogens with one attached hydrogen (secondary N) is 1. The van der Waals surface area contributed by atoms with Crippen LogP contribution in [0.3, 0.4) is 0 Å². The topological polar surface area (TPSA) is 105 Å². The number of pyridine rings is 1. The molecule has 0 atom stereocenters. The molecule has 6 rings (SSSR count). The molecule has 1 saturated heterocycles. The second-order valence-electron chi connectivity index (χ2n) is 9.46. The predicted octanol–water partition coefficient (Wildman–Crippen LogP) is 5.03. The molecule has 1 aliphatic heterocycles. The third-order valence-corrected chi connectivity index (χ3v) is 7.41. The Hall–Kier alpha value is -3.49. The molecule has 0 spiro atoms. The lowest BCUT2D eigenvalue weighted by Crippen LogP contribution is -2.36. The molecule has 8 nitrogen and oxygen atoms in total. The van der Waals surface area contributed by atoms with Crippen molar-refractivity contribution in [1.29, 1.82) is 5.41 Å². The van der Waals surface area contributed by atoms with E-state index in [1.54, 1.807) is 13.1 Å². The number of nitrogens with zero attached hydrogens (tertiary/aromatic N) is 5. The second-order valence-corrected chi connectivity index (χ2v) is 9.87. The van der Waals surface area contributed by atoms with Gasteiger partial charge in [0, 0.05) is 41.8 Å². The fraction of sp³-hybridized carbons (Fsp3) is 0.333. The number of benzene rings is 2. The summed E-state index contributed by atoms with van der Waals surface area (Å²) in [5.74, 6) is 1.82. The van der Waals surface area contributed by atoms with Crippen LogP contribution in [0.25, 0.3) is 27.6 Å². The molecule has 2 aromatic carbocycles. The number of nitrogens with two attached hydrogens (primary N) is 1. The van der Waals surface area contributed by atoms with Crippen molar-refractivity contribution in [3.8, 4) is 5.69 Å². The summed E-state index contributed by atoms with van der Waals surface area (Å²) >= 11 is 6.53. The highest BCUT2D eigenvalue weighted by Gasteiger charge is 2.29. The number of aromatic nitrogens is 3. The second kappa shape index (κ2) is 9.19. The van der Waals surface area contributed by atoms with Crippen LogP contribution in [-0.4, -0.2) is 52.5 Å². The lowest BCUT2D eigenvalue weighted by Gasteiger charge is -2.29. The number of anilines is 1. The van der Waals surface area contributed by atoms with Crippen LogP contribution in [0, 0.1) is 5.41 Å². The Morgan fingerprint density at radius 1 is 1.17 bits per heavy atom. The Morgan fingerprint density at radius 2 is 1.97 bits per heavy atom. The van der Waals surface area contributed by atoms with Gasteiger partial charge in [0.25, 0.3) is 0 Å². The lowest BCUT2D eigenvalue weighted by atomic mass is 9.84. The van der Waals surface area contributed by atoms with Crippen molar-refractivity contribution < 1.29 is 4.74 Å². The van der Waals surface area contributed by atoms with Crippen molar-refractivity contribution in [3.63, 3.8) is 0 Å². The zero-order valence-electron chi connectivity index (χ0n) is 20.2. The van der Waals surface area contributed by atoms with E-state index in [1.807, 2.05) is 24.3 Å². The highest BCUT2D eigenvalue weighted by atomic mass is 35.5. The number of fused-ring (bicyclic) bond motifs is 2. The highest BCUT2D eigenvalue weighted by molar-refractivity contribution is 6.35. The molecule has 0 amide bonds. The largest absolute Gasteiger partial charge is 0.387 e. The van der Waals surface area contributed by atoms with Crippen molar-refractivity contribution in [3.05, 3.63) is 59.0 Å². The number of ether oxygens (including phenoxy) is 1. The van der Waals surface area contributed by atoms with Gasteiger partial charge >= 0.3 is 0 Å². The number of morpholine rings is 1. The van der Waals surface area contributed by atoms with E-state index in [9.17, 15) is 0 Å².